The lowest BCUT2D eigenvalue weighted by atomic mass is 9.96. The van der Waals surface area contributed by atoms with Crippen LogP contribution in [0.25, 0.3) is 0 Å². The van der Waals surface area contributed by atoms with Crippen molar-refractivity contribution in [1.82, 2.24) is 0 Å². The van der Waals surface area contributed by atoms with Gasteiger partial charge < -0.3 is 4.90 Å². The summed E-state index contributed by atoms with van der Waals surface area (Å²) in [6, 6.07) is 9.05. The van der Waals surface area contributed by atoms with Crippen LogP contribution in [0.15, 0.2) is 42.5 Å². The zero-order valence-corrected chi connectivity index (χ0v) is 12.9. The van der Waals surface area contributed by atoms with Crippen molar-refractivity contribution in [2.75, 3.05) is 11.4 Å². The van der Waals surface area contributed by atoms with E-state index in [1.54, 1.807) is 4.90 Å². The van der Waals surface area contributed by atoms with Gasteiger partial charge in [-0.05, 0) is 43.2 Å². The fourth-order valence-electron chi connectivity index (χ4n) is 3.27. The van der Waals surface area contributed by atoms with Gasteiger partial charge in [0.05, 0.1) is 11.3 Å². The van der Waals surface area contributed by atoms with E-state index < -0.39 is 23.4 Å². The molecule has 2 atom stereocenters. The summed E-state index contributed by atoms with van der Waals surface area (Å²) in [5.74, 6) is -1.82. The average molecular weight is 341 g/mol. The lowest BCUT2D eigenvalue weighted by Gasteiger charge is -2.24. The molecule has 0 aromatic heterocycles. The summed E-state index contributed by atoms with van der Waals surface area (Å²) in [6.07, 6.45) is -3.69. The van der Waals surface area contributed by atoms with E-state index in [1.165, 1.54) is 24.3 Å². The van der Waals surface area contributed by atoms with Gasteiger partial charge in [-0.25, -0.2) is 8.78 Å². The minimum Gasteiger partial charge on any atom is -0.366 e. The van der Waals surface area contributed by atoms with Gasteiger partial charge in [-0.1, -0.05) is 18.2 Å². The van der Waals surface area contributed by atoms with Crippen molar-refractivity contribution >= 4 is 5.69 Å². The predicted octanol–water partition coefficient (Wildman–Crippen LogP) is 5.37. The van der Waals surface area contributed by atoms with E-state index in [-0.39, 0.29) is 17.6 Å². The van der Waals surface area contributed by atoms with Gasteiger partial charge in [0.25, 0.3) is 0 Å². The molecule has 1 fully saturated rings. The van der Waals surface area contributed by atoms with Gasteiger partial charge in [-0.15, -0.1) is 0 Å². The Balaban J connectivity index is 1.82. The zero-order valence-electron chi connectivity index (χ0n) is 12.9. The molecular weight excluding hydrogens is 325 g/mol. The molecule has 2 unspecified atom stereocenters. The van der Waals surface area contributed by atoms with Gasteiger partial charge in [-0.2, -0.15) is 13.2 Å². The van der Waals surface area contributed by atoms with Crippen molar-refractivity contribution in [3.63, 3.8) is 0 Å². The number of nitrogens with zero attached hydrogens (tertiary/aromatic N) is 1. The molecule has 3 rings (SSSR count). The molecule has 0 bridgehead atoms. The number of hydrogen-bond acceptors (Lipinski definition) is 1. The molecule has 1 saturated heterocycles. The van der Waals surface area contributed by atoms with Crippen molar-refractivity contribution in [2.45, 2.75) is 31.5 Å². The third kappa shape index (κ3) is 3.09. The number of halogens is 5. The monoisotopic (exact) mass is 341 g/mol. The highest BCUT2D eigenvalue weighted by Gasteiger charge is 2.33. The highest BCUT2D eigenvalue weighted by Crippen LogP contribution is 2.37. The molecule has 6 heteroatoms. The summed E-state index contributed by atoms with van der Waals surface area (Å²) in [4.78, 5) is 1.76. The van der Waals surface area contributed by atoms with E-state index >= 15 is 0 Å². The number of anilines is 1. The maximum atomic E-state index is 14.0. The van der Waals surface area contributed by atoms with Crippen molar-refractivity contribution in [1.29, 1.82) is 0 Å². The van der Waals surface area contributed by atoms with Crippen LogP contribution in [0.5, 0.6) is 0 Å². The van der Waals surface area contributed by atoms with Crippen molar-refractivity contribution in [2.24, 2.45) is 0 Å². The van der Waals surface area contributed by atoms with Crippen LogP contribution in [-0.2, 0) is 6.18 Å². The molecular formula is C18H16F5N. The molecule has 24 heavy (non-hydrogen) atoms. The molecule has 0 N–H and O–H groups in total. The van der Waals surface area contributed by atoms with Crippen LogP contribution >= 0.6 is 0 Å². The first kappa shape index (κ1) is 16.7. The van der Waals surface area contributed by atoms with Crippen LogP contribution in [-0.4, -0.2) is 12.6 Å². The largest absolute Gasteiger partial charge is 0.416 e. The van der Waals surface area contributed by atoms with Crippen molar-refractivity contribution < 1.29 is 22.0 Å². The molecule has 0 spiro atoms. The number of benzene rings is 2. The Morgan fingerprint density at radius 2 is 1.67 bits per heavy atom. The molecule has 0 saturated carbocycles. The molecule has 1 aliphatic rings. The van der Waals surface area contributed by atoms with Gasteiger partial charge in [-0.3, -0.25) is 0 Å². The third-order valence-corrected chi connectivity index (χ3v) is 4.52. The summed E-state index contributed by atoms with van der Waals surface area (Å²) >= 11 is 0. The molecule has 0 aliphatic carbocycles. The molecule has 1 heterocycles. The normalized spacial score (nSPS) is 21.3. The Morgan fingerprint density at radius 3 is 2.29 bits per heavy atom. The first-order chi connectivity index (χ1) is 11.3. The SMILES string of the molecule is CC1CC(c2ccc(C(F)(F)F)cc2)CN1c1cccc(F)c1F. The minimum absolute atomic E-state index is 0.0232. The highest BCUT2D eigenvalue weighted by atomic mass is 19.4. The Morgan fingerprint density at radius 1 is 1.00 bits per heavy atom. The van der Waals surface area contributed by atoms with Crippen LogP contribution in [0, 0.1) is 11.6 Å². The summed E-state index contributed by atoms with van der Waals surface area (Å²) in [6.45, 7) is 2.33. The van der Waals surface area contributed by atoms with Gasteiger partial charge in [0, 0.05) is 18.5 Å². The fraction of sp³-hybridized carbons (Fsp3) is 0.333. The van der Waals surface area contributed by atoms with Gasteiger partial charge in [0.1, 0.15) is 0 Å². The maximum Gasteiger partial charge on any atom is 0.416 e. The zero-order chi connectivity index (χ0) is 17.5. The Labute approximate surface area is 136 Å². The average Bonchev–Trinajstić information content (AvgIpc) is 2.91. The smallest absolute Gasteiger partial charge is 0.366 e. The van der Waals surface area contributed by atoms with E-state index in [0.29, 0.717) is 13.0 Å². The Kier molecular flexibility index (Phi) is 4.24. The van der Waals surface area contributed by atoms with Gasteiger partial charge in [0.15, 0.2) is 11.6 Å². The van der Waals surface area contributed by atoms with Crippen LogP contribution in [0.4, 0.5) is 27.6 Å². The van der Waals surface area contributed by atoms with Gasteiger partial charge >= 0.3 is 6.18 Å². The Hall–Kier alpha value is -2.11. The molecule has 1 nitrogen and oxygen atoms in total. The lowest BCUT2D eigenvalue weighted by molar-refractivity contribution is -0.137. The van der Waals surface area contributed by atoms with E-state index in [9.17, 15) is 22.0 Å². The summed E-state index contributed by atoms with van der Waals surface area (Å²) < 4.78 is 65.3. The molecule has 0 radical (unpaired) electrons. The molecule has 128 valence electrons. The van der Waals surface area contributed by atoms with Crippen molar-refractivity contribution in [3.8, 4) is 0 Å². The quantitative estimate of drug-likeness (QED) is 0.664. The second-order valence-corrected chi connectivity index (χ2v) is 6.13. The Bertz CT molecular complexity index is 723. The lowest BCUT2D eigenvalue weighted by Crippen LogP contribution is -2.27. The van der Waals surface area contributed by atoms with Crippen molar-refractivity contribution in [3.05, 3.63) is 65.2 Å². The first-order valence-corrected chi connectivity index (χ1v) is 7.65. The van der Waals surface area contributed by atoms with Crippen LogP contribution in [0.3, 0.4) is 0 Å². The number of rotatable bonds is 2. The van der Waals surface area contributed by atoms with E-state index in [2.05, 4.69) is 0 Å². The molecule has 0 amide bonds. The second-order valence-electron chi connectivity index (χ2n) is 6.13. The minimum atomic E-state index is -4.36. The maximum absolute atomic E-state index is 14.0. The number of hydrogen-bond donors (Lipinski definition) is 0. The highest BCUT2D eigenvalue weighted by molar-refractivity contribution is 5.51. The summed E-state index contributed by atoms with van der Waals surface area (Å²) in [7, 11) is 0. The van der Waals surface area contributed by atoms with Gasteiger partial charge in [0.2, 0.25) is 0 Å². The summed E-state index contributed by atoms with van der Waals surface area (Å²) in [5, 5.41) is 0. The number of alkyl halides is 3. The van der Waals surface area contributed by atoms with Crippen LogP contribution < -0.4 is 4.90 Å². The third-order valence-electron chi connectivity index (χ3n) is 4.52. The second kappa shape index (κ2) is 6.07. The molecule has 2 aromatic carbocycles. The molecule has 2 aromatic rings. The van der Waals surface area contributed by atoms with Crippen LogP contribution in [0.2, 0.25) is 0 Å². The first-order valence-electron chi connectivity index (χ1n) is 7.65. The predicted molar refractivity (Wildman–Crippen MR) is 82.0 cm³/mol. The van der Waals surface area contributed by atoms with E-state index in [4.69, 9.17) is 0 Å². The van der Waals surface area contributed by atoms with E-state index in [1.807, 2.05) is 6.92 Å². The fourth-order valence-corrected chi connectivity index (χ4v) is 3.27. The topological polar surface area (TPSA) is 3.24 Å². The van der Waals surface area contributed by atoms with Crippen LogP contribution in [0.1, 0.15) is 30.4 Å². The van der Waals surface area contributed by atoms with E-state index in [0.717, 1.165) is 23.8 Å². The summed E-state index contributed by atoms with van der Waals surface area (Å²) in [5.41, 5.74) is 0.274. The standard InChI is InChI=1S/C18H16F5N/c1-11-9-13(12-5-7-14(8-6-12)18(21,22)23)10-24(11)16-4-2-3-15(19)17(16)20/h2-8,11,13H,9-10H2,1H3. The molecule has 1 aliphatic heterocycles.